The first-order chi connectivity index (χ1) is 8.77. The van der Waals surface area contributed by atoms with Gasteiger partial charge in [-0.3, -0.25) is 4.79 Å². The number of benzene rings is 2. The number of hydrogen-bond donors (Lipinski definition) is 2. The van der Waals surface area contributed by atoms with Gasteiger partial charge in [0.15, 0.2) is 5.78 Å². The van der Waals surface area contributed by atoms with Crippen LogP contribution < -0.4 is 11.1 Å². The lowest BCUT2D eigenvalue weighted by molar-refractivity contribution is 0.0986. The summed E-state index contributed by atoms with van der Waals surface area (Å²) in [5.74, 6) is 0.137. The van der Waals surface area contributed by atoms with Gasteiger partial charge in [-0.15, -0.1) is 0 Å². The molecule has 0 aliphatic heterocycles. The third-order valence-corrected chi connectivity index (χ3v) is 2.72. The number of nitrogens with two attached hydrogens (primary N) is 1. The summed E-state index contributed by atoms with van der Waals surface area (Å²) in [6.45, 7) is 0.585. The van der Waals surface area contributed by atoms with Gasteiger partial charge in [-0.1, -0.05) is 42.5 Å². The van der Waals surface area contributed by atoms with Crippen molar-refractivity contribution in [2.24, 2.45) is 0 Å². The number of anilines is 2. The Kier molecular flexibility index (Phi) is 3.97. The molecule has 3 nitrogen and oxygen atoms in total. The van der Waals surface area contributed by atoms with Gasteiger partial charge >= 0.3 is 0 Å². The van der Waals surface area contributed by atoms with E-state index in [9.17, 15) is 4.79 Å². The van der Waals surface area contributed by atoms with Crippen molar-refractivity contribution < 1.29 is 4.79 Å². The number of rotatable bonds is 5. The molecule has 0 aromatic heterocycles. The molecule has 0 heterocycles. The molecular weight excluding hydrogens is 224 g/mol. The molecule has 0 bridgehead atoms. The summed E-state index contributed by atoms with van der Waals surface area (Å²) < 4.78 is 0. The summed E-state index contributed by atoms with van der Waals surface area (Å²) in [6, 6.07) is 16.8. The zero-order chi connectivity index (χ0) is 12.8. The smallest absolute Gasteiger partial charge is 0.164 e. The highest BCUT2D eigenvalue weighted by Gasteiger charge is 2.04. The first-order valence-corrected chi connectivity index (χ1v) is 5.94. The van der Waals surface area contributed by atoms with E-state index in [1.54, 1.807) is 0 Å². The van der Waals surface area contributed by atoms with Gasteiger partial charge in [0.2, 0.25) is 0 Å². The Morgan fingerprint density at radius 1 is 1.00 bits per heavy atom. The van der Waals surface area contributed by atoms with Crippen LogP contribution in [-0.4, -0.2) is 12.3 Å². The second kappa shape index (κ2) is 5.87. The van der Waals surface area contributed by atoms with Crippen LogP contribution in [0.2, 0.25) is 0 Å². The number of Topliss-reactive ketones (excluding diaryl/α,β-unsaturated/α-hetero) is 1. The molecule has 2 rings (SSSR count). The molecule has 0 radical (unpaired) electrons. The summed E-state index contributed by atoms with van der Waals surface area (Å²) in [4.78, 5) is 11.8. The zero-order valence-electron chi connectivity index (χ0n) is 10.1. The van der Waals surface area contributed by atoms with Crippen molar-refractivity contribution in [3.05, 3.63) is 60.2 Å². The fourth-order valence-corrected chi connectivity index (χ4v) is 1.74. The lowest BCUT2D eigenvalue weighted by Crippen LogP contribution is -2.09. The lowest BCUT2D eigenvalue weighted by atomic mass is 10.1. The van der Waals surface area contributed by atoms with Crippen LogP contribution in [0.25, 0.3) is 0 Å². The average molecular weight is 240 g/mol. The number of ketones is 1. The van der Waals surface area contributed by atoms with Crippen molar-refractivity contribution in [1.29, 1.82) is 0 Å². The quantitative estimate of drug-likeness (QED) is 0.624. The number of nitrogen functional groups attached to an aromatic ring is 1. The third-order valence-electron chi connectivity index (χ3n) is 2.72. The van der Waals surface area contributed by atoms with Gasteiger partial charge in [0.25, 0.3) is 0 Å². The minimum Gasteiger partial charge on any atom is -0.397 e. The van der Waals surface area contributed by atoms with E-state index in [0.717, 1.165) is 11.3 Å². The molecule has 0 fully saturated rings. The molecule has 18 heavy (non-hydrogen) atoms. The van der Waals surface area contributed by atoms with Gasteiger partial charge in [0.05, 0.1) is 11.4 Å². The maximum absolute atomic E-state index is 11.8. The van der Waals surface area contributed by atoms with Crippen molar-refractivity contribution in [1.82, 2.24) is 0 Å². The first-order valence-electron chi connectivity index (χ1n) is 5.94. The van der Waals surface area contributed by atoms with Gasteiger partial charge in [0, 0.05) is 18.5 Å². The van der Waals surface area contributed by atoms with E-state index >= 15 is 0 Å². The predicted molar refractivity (Wildman–Crippen MR) is 74.7 cm³/mol. The van der Waals surface area contributed by atoms with E-state index in [-0.39, 0.29) is 5.78 Å². The second-order valence-corrected chi connectivity index (χ2v) is 4.05. The first kappa shape index (κ1) is 12.2. The van der Waals surface area contributed by atoms with Crippen molar-refractivity contribution in [3.8, 4) is 0 Å². The Morgan fingerprint density at radius 2 is 1.67 bits per heavy atom. The Balaban J connectivity index is 1.86. The number of nitrogens with one attached hydrogen (secondary N) is 1. The van der Waals surface area contributed by atoms with Gasteiger partial charge in [0.1, 0.15) is 0 Å². The van der Waals surface area contributed by atoms with E-state index in [1.165, 1.54) is 0 Å². The lowest BCUT2D eigenvalue weighted by Gasteiger charge is -2.08. The summed E-state index contributed by atoms with van der Waals surface area (Å²) in [6.07, 6.45) is 0.457. The summed E-state index contributed by atoms with van der Waals surface area (Å²) >= 11 is 0. The normalized spacial score (nSPS) is 10.0. The number of para-hydroxylation sites is 2. The van der Waals surface area contributed by atoms with Crippen molar-refractivity contribution in [2.75, 3.05) is 17.6 Å². The second-order valence-electron chi connectivity index (χ2n) is 4.05. The highest BCUT2D eigenvalue weighted by molar-refractivity contribution is 5.96. The van der Waals surface area contributed by atoms with Gasteiger partial charge in [-0.2, -0.15) is 0 Å². The van der Waals surface area contributed by atoms with Crippen LogP contribution in [-0.2, 0) is 0 Å². The van der Waals surface area contributed by atoms with E-state index in [1.807, 2.05) is 54.6 Å². The molecular formula is C15H16N2O. The van der Waals surface area contributed by atoms with E-state index in [4.69, 9.17) is 5.73 Å². The van der Waals surface area contributed by atoms with Crippen molar-refractivity contribution in [3.63, 3.8) is 0 Å². The molecule has 3 heteroatoms. The van der Waals surface area contributed by atoms with Gasteiger partial charge in [-0.05, 0) is 12.1 Å². The van der Waals surface area contributed by atoms with E-state index in [0.29, 0.717) is 18.7 Å². The predicted octanol–water partition coefficient (Wildman–Crippen LogP) is 2.95. The monoisotopic (exact) mass is 240 g/mol. The van der Waals surface area contributed by atoms with E-state index in [2.05, 4.69) is 5.32 Å². The number of carbonyl (C=O) groups excluding carboxylic acids is 1. The Morgan fingerprint density at radius 3 is 2.39 bits per heavy atom. The van der Waals surface area contributed by atoms with Crippen molar-refractivity contribution >= 4 is 17.2 Å². The molecule has 2 aromatic carbocycles. The molecule has 0 aliphatic carbocycles. The van der Waals surface area contributed by atoms with E-state index < -0.39 is 0 Å². The minimum atomic E-state index is 0.137. The number of carbonyl (C=O) groups is 1. The highest BCUT2D eigenvalue weighted by atomic mass is 16.1. The molecule has 0 unspecified atom stereocenters. The molecule has 3 N–H and O–H groups in total. The minimum absolute atomic E-state index is 0.137. The Labute approximate surface area is 107 Å². The SMILES string of the molecule is Nc1ccccc1NCCC(=O)c1ccccc1. The largest absolute Gasteiger partial charge is 0.397 e. The summed E-state index contributed by atoms with van der Waals surface area (Å²) in [7, 11) is 0. The topological polar surface area (TPSA) is 55.1 Å². The molecule has 0 aliphatic rings. The van der Waals surface area contributed by atoms with Crippen LogP contribution in [0, 0.1) is 0 Å². The molecule has 0 amide bonds. The molecule has 0 atom stereocenters. The molecule has 92 valence electrons. The average Bonchev–Trinajstić information content (AvgIpc) is 2.42. The van der Waals surface area contributed by atoms with Crippen LogP contribution in [0.1, 0.15) is 16.8 Å². The van der Waals surface area contributed by atoms with Crippen LogP contribution in [0.5, 0.6) is 0 Å². The number of hydrogen-bond acceptors (Lipinski definition) is 3. The van der Waals surface area contributed by atoms with Crippen LogP contribution in [0.4, 0.5) is 11.4 Å². The maximum Gasteiger partial charge on any atom is 0.164 e. The maximum atomic E-state index is 11.8. The van der Waals surface area contributed by atoms with Gasteiger partial charge in [-0.25, -0.2) is 0 Å². The van der Waals surface area contributed by atoms with Gasteiger partial charge < -0.3 is 11.1 Å². The Hall–Kier alpha value is -2.29. The fraction of sp³-hybridized carbons (Fsp3) is 0.133. The molecule has 0 saturated carbocycles. The highest BCUT2D eigenvalue weighted by Crippen LogP contribution is 2.16. The van der Waals surface area contributed by atoms with Crippen LogP contribution in [0.3, 0.4) is 0 Å². The standard InChI is InChI=1S/C15H16N2O/c16-13-8-4-5-9-14(13)17-11-10-15(18)12-6-2-1-3-7-12/h1-9,17H,10-11,16H2. The fourth-order valence-electron chi connectivity index (χ4n) is 1.74. The zero-order valence-corrected chi connectivity index (χ0v) is 10.1. The molecule has 0 saturated heterocycles. The Bertz CT molecular complexity index is 523. The summed E-state index contributed by atoms with van der Waals surface area (Å²) in [5.41, 5.74) is 8.12. The van der Waals surface area contributed by atoms with Crippen molar-refractivity contribution in [2.45, 2.75) is 6.42 Å². The van der Waals surface area contributed by atoms with Crippen LogP contribution >= 0.6 is 0 Å². The molecule has 2 aromatic rings. The summed E-state index contributed by atoms with van der Waals surface area (Å²) in [5, 5.41) is 3.17. The third kappa shape index (κ3) is 3.10. The van der Waals surface area contributed by atoms with Crippen LogP contribution in [0.15, 0.2) is 54.6 Å². The molecule has 0 spiro atoms.